The van der Waals surface area contributed by atoms with Gasteiger partial charge in [-0.1, -0.05) is 12.1 Å². The average Bonchev–Trinajstić information content (AvgIpc) is 2.54. The maximum absolute atomic E-state index is 12.4. The molecule has 7 heteroatoms. The van der Waals surface area contributed by atoms with E-state index in [2.05, 4.69) is 4.72 Å². The van der Waals surface area contributed by atoms with Crippen LogP contribution in [0.4, 0.5) is 5.69 Å². The molecule has 0 saturated carbocycles. The van der Waals surface area contributed by atoms with E-state index in [-0.39, 0.29) is 4.90 Å². The van der Waals surface area contributed by atoms with Crippen LogP contribution in [-0.2, 0) is 16.6 Å². The Balaban J connectivity index is 2.35. The predicted molar refractivity (Wildman–Crippen MR) is 84.7 cm³/mol. The third-order valence-electron chi connectivity index (χ3n) is 3.12. The Morgan fingerprint density at radius 3 is 2.27 bits per heavy atom. The van der Waals surface area contributed by atoms with Crippen molar-refractivity contribution >= 4 is 15.7 Å². The third-order valence-corrected chi connectivity index (χ3v) is 4.50. The maximum atomic E-state index is 12.4. The Morgan fingerprint density at radius 1 is 1.05 bits per heavy atom. The summed E-state index contributed by atoms with van der Waals surface area (Å²) >= 11 is 0. The largest absolute Gasteiger partial charge is 0.497 e. The molecule has 2 rings (SSSR count). The first-order valence-corrected chi connectivity index (χ1v) is 8.02. The van der Waals surface area contributed by atoms with Gasteiger partial charge in [-0.25, -0.2) is 8.42 Å². The summed E-state index contributed by atoms with van der Waals surface area (Å²) < 4.78 is 37.6. The highest BCUT2D eigenvalue weighted by Crippen LogP contribution is 2.30. The van der Waals surface area contributed by atoms with Crippen LogP contribution in [0.15, 0.2) is 47.4 Å². The van der Waals surface area contributed by atoms with Gasteiger partial charge in [0.05, 0.1) is 24.8 Å². The summed E-state index contributed by atoms with van der Waals surface area (Å²) in [6, 6.07) is 11.3. The average molecular weight is 322 g/mol. The van der Waals surface area contributed by atoms with Crippen molar-refractivity contribution in [3.05, 3.63) is 48.0 Å². The van der Waals surface area contributed by atoms with E-state index in [4.69, 9.17) is 15.2 Å². The molecule has 0 heterocycles. The van der Waals surface area contributed by atoms with Crippen LogP contribution in [-0.4, -0.2) is 22.6 Å². The fourth-order valence-electron chi connectivity index (χ4n) is 1.90. The molecule has 0 bridgehead atoms. The zero-order chi connectivity index (χ0) is 16.2. The molecule has 2 aromatic carbocycles. The normalized spacial score (nSPS) is 11.0. The molecule has 0 fully saturated rings. The van der Waals surface area contributed by atoms with Crippen LogP contribution in [0, 0.1) is 0 Å². The monoisotopic (exact) mass is 322 g/mol. The Morgan fingerprint density at radius 2 is 1.73 bits per heavy atom. The van der Waals surface area contributed by atoms with E-state index in [0.29, 0.717) is 23.7 Å². The standard InChI is InChI=1S/C15H18N2O4S/c1-20-12-5-8-15(21-2)14(9-12)17-22(18,19)13-6-3-11(10-16)4-7-13/h3-9,17H,10,16H2,1-2H3. The second-order valence-electron chi connectivity index (χ2n) is 4.52. The van der Waals surface area contributed by atoms with Crippen molar-refractivity contribution in [2.45, 2.75) is 11.4 Å². The number of ether oxygens (including phenoxy) is 2. The molecule has 0 aromatic heterocycles. The summed E-state index contributed by atoms with van der Waals surface area (Å²) in [6.07, 6.45) is 0. The summed E-state index contributed by atoms with van der Waals surface area (Å²) in [5.41, 5.74) is 6.68. The fraction of sp³-hybridized carbons (Fsp3) is 0.200. The minimum Gasteiger partial charge on any atom is -0.497 e. The Kier molecular flexibility index (Phi) is 4.89. The van der Waals surface area contributed by atoms with Gasteiger partial charge in [0, 0.05) is 12.6 Å². The number of sulfonamides is 1. The van der Waals surface area contributed by atoms with Gasteiger partial charge in [-0.15, -0.1) is 0 Å². The maximum Gasteiger partial charge on any atom is 0.262 e. The molecular formula is C15H18N2O4S. The second-order valence-corrected chi connectivity index (χ2v) is 6.20. The van der Waals surface area contributed by atoms with Crippen molar-refractivity contribution < 1.29 is 17.9 Å². The van der Waals surface area contributed by atoms with Crippen LogP contribution < -0.4 is 19.9 Å². The number of hydrogen-bond acceptors (Lipinski definition) is 5. The predicted octanol–water partition coefficient (Wildman–Crippen LogP) is 1.96. The Labute approximate surface area is 129 Å². The Hall–Kier alpha value is -2.25. The molecule has 118 valence electrons. The summed E-state index contributed by atoms with van der Waals surface area (Å²) in [7, 11) is -0.749. The number of benzene rings is 2. The highest BCUT2D eigenvalue weighted by Gasteiger charge is 2.17. The highest BCUT2D eigenvalue weighted by atomic mass is 32.2. The summed E-state index contributed by atoms with van der Waals surface area (Å²) in [5.74, 6) is 0.930. The summed E-state index contributed by atoms with van der Waals surface area (Å²) in [5, 5.41) is 0. The van der Waals surface area contributed by atoms with Gasteiger partial charge < -0.3 is 15.2 Å². The van der Waals surface area contributed by atoms with Crippen LogP contribution in [0.3, 0.4) is 0 Å². The van der Waals surface area contributed by atoms with Crippen molar-refractivity contribution in [2.24, 2.45) is 5.73 Å². The lowest BCUT2D eigenvalue weighted by molar-refractivity contribution is 0.405. The number of methoxy groups -OCH3 is 2. The number of hydrogen-bond donors (Lipinski definition) is 2. The van der Waals surface area contributed by atoms with Gasteiger partial charge in [-0.3, -0.25) is 4.72 Å². The molecule has 0 aliphatic heterocycles. The van der Waals surface area contributed by atoms with E-state index in [1.165, 1.54) is 26.4 Å². The van der Waals surface area contributed by atoms with E-state index in [9.17, 15) is 8.42 Å². The second kappa shape index (κ2) is 6.67. The van der Waals surface area contributed by atoms with E-state index in [1.807, 2.05) is 0 Å². The number of nitrogens with one attached hydrogen (secondary N) is 1. The van der Waals surface area contributed by atoms with E-state index < -0.39 is 10.0 Å². The van der Waals surface area contributed by atoms with Gasteiger partial charge in [-0.05, 0) is 29.8 Å². The quantitative estimate of drug-likeness (QED) is 0.848. The van der Waals surface area contributed by atoms with Crippen molar-refractivity contribution in [3.8, 4) is 11.5 Å². The summed E-state index contributed by atoms with van der Waals surface area (Å²) in [4.78, 5) is 0.148. The van der Waals surface area contributed by atoms with Crippen LogP contribution >= 0.6 is 0 Å². The van der Waals surface area contributed by atoms with E-state index >= 15 is 0 Å². The minimum absolute atomic E-state index is 0.148. The fourth-order valence-corrected chi connectivity index (χ4v) is 2.96. The highest BCUT2D eigenvalue weighted by molar-refractivity contribution is 7.92. The molecule has 0 saturated heterocycles. The zero-order valence-corrected chi connectivity index (χ0v) is 13.2. The Bertz CT molecular complexity index is 743. The zero-order valence-electron chi connectivity index (χ0n) is 12.4. The van der Waals surface area contributed by atoms with Crippen LogP contribution in [0.2, 0.25) is 0 Å². The van der Waals surface area contributed by atoms with Crippen molar-refractivity contribution in [1.82, 2.24) is 0 Å². The van der Waals surface area contributed by atoms with Gasteiger partial charge in [0.15, 0.2) is 0 Å². The molecule has 2 aromatic rings. The number of nitrogens with two attached hydrogens (primary N) is 1. The van der Waals surface area contributed by atoms with Crippen LogP contribution in [0.5, 0.6) is 11.5 Å². The molecule has 0 aliphatic rings. The van der Waals surface area contributed by atoms with Crippen LogP contribution in [0.1, 0.15) is 5.56 Å². The molecule has 6 nitrogen and oxygen atoms in total. The smallest absolute Gasteiger partial charge is 0.262 e. The molecule has 0 radical (unpaired) electrons. The van der Waals surface area contributed by atoms with E-state index in [1.54, 1.807) is 30.3 Å². The summed E-state index contributed by atoms with van der Waals surface area (Å²) in [6.45, 7) is 0.359. The van der Waals surface area contributed by atoms with E-state index in [0.717, 1.165) is 5.56 Å². The number of rotatable bonds is 6. The van der Waals surface area contributed by atoms with Gasteiger partial charge in [-0.2, -0.15) is 0 Å². The third kappa shape index (κ3) is 3.49. The van der Waals surface area contributed by atoms with Crippen molar-refractivity contribution in [3.63, 3.8) is 0 Å². The first-order chi connectivity index (χ1) is 10.5. The van der Waals surface area contributed by atoms with Crippen molar-refractivity contribution in [2.75, 3.05) is 18.9 Å². The van der Waals surface area contributed by atoms with Crippen molar-refractivity contribution in [1.29, 1.82) is 0 Å². The van der Waals surface area contributed by atoms with Crippen LogP contribution in [0.25, 0.3) is 0 Å². The van der Waals surface area contributed by atoms with Gasteiger partial charge in [0.25, 0.3) is 10.0 Å². The molecule has 0 atom stereocenters. The molecule has 22 heavy (non-hydrogen) atoms. The number of anilines is 1. The molecule has 0 spiro atoms. The lowest BCUT2D eigenvalue weighted by atomic mass is 10.2. The minimum atomic E-state index is -3.72. The first-order valence-electron chi connectivity index (χ1n) is 6.54. The first kappa shape index (κ1) is 16.1. The van der Waals surface area contributed by atoms with Gasteiger partial charge >= 0.3 is 0 Å². The molecule has 0 aliphatic carbocycles. The lowest BCUT2D eigenvalue weighted by Gasteiger charge is -2.13. The lowest BCUT2D eigenvalue weighted by Crippen LogP contribution is -2.14. The molecular weight excluding hydrogens is 304 g/mol. The SMILES string of the molecule is COc1ccc(OC)c(NS(=O)(=O)c2ccc(CN)cc2)c1. The van der Waals surface area contributed by atoms with Gasteiger partial charge in [0.2, 0.25) is 0 Å². The van der Waals surface area contributed by atoms with Gasteiger partial charge in [0.1, 0.15) is 11.5 Å². The molecule has 3 N–H and O–H groups in total. The topological polar surface area (TPSA) is 90.6 Å². The molecule has 0 amide bonds. The molecule has 0 unspecified atom stereocenters.